The van der Waals surface area contributed by atoms with E-state index in [1.807, 2.05) is 18.7 Å². The average molecular weight is 264 g/mol. The molecule has 0 aromatic carbocycles. The molecule has 3 N–H and O–H groups in total. The van der Waals surface area contributed by atoms with Crippen LogP contribution >= 0.6 is 0 Å². The molecule has 2 rings (SSSR count). The van der Waals surface area contributed by atoms with Crippen molar-refractivity contribution in [3.8, 4) is 0 Å². The third kappa shape index (κ3) is 3.27. The molecule has 0 amide bonds. The third-order valence-corrected chi connectivity index (χ3v) is 2.50. The van der Waals surface area contributed by atoms with Gasteiger partial charge >= 0.3 is 0 Å². The molecule has 0 fully saturated rings. The summed E-state index contributed by atoms with van der Waals surface area (Å²) >= 11 is 0. The molecule has 9 heteroatoms. The first-order valence-corrected chi connectivity index (χ1v) is 5.98. The van der Waals surface area contributed by atoms with Crippen molar-refractivity contribution in [3.63, 3.8) is 0 Å². The molecule has 0 aliphatic heterocycles. The van der Waals surface area contributed by atoms with Crippen LogP contribution in [-0.2, 0) is 6.54 Å². The molecule has 0 saturated carbocycles. The van der Waals surface area contributed by atoms with Crippen molar-refractivity contribution in [1.82, 2.24) is 25.1 Å². The normalized spacial score (nSPS) is 10.4. The van der Waals surface area contributed by atoms with Gasteiger partial charge in [0.1, 0.15) is 0 Å². The number of anilines is 3. The van der Waals surface area contributed by atoms with Gasteiger partial charge in [-0.1, -0.05) is 5.16 Å². The second-order valence-electron chi connectivity index (χ2n) is 3.69. The predicted molar refractivity (Wildman–Crippen MR) is 69.4 cm³/mol. The Labute approximate surface area is 110 Å². The van der Waals surface area contributed by atoms with Crippen molar-refractivity contribution in [2.75, 3.05) is 29.0 Å². The van der Waals surface area contributed by atoms with E-state index in [9.17, 15) is 0 Å². The van der Waals surface area contributed by atoms with Crippen molar-refractivity contribution in [2.45, 2.75) is 20.4 Å². The minimum absolute atomic E-state index is 0.174. The molecule has 19 heavy (non-hydrogen) atoms. The van der Waals surface area contributed by atoms with E-state index < -0.39 is 0 Å². The molecule has 2 aromatic heterocycles. The summed E-state index contributed by atoms with van der Waals surface area (Å²) in [7, 11) is 0. The topological polar surface area (TPSA) is 119 Å². The fourth-order valence-corrected chi connectivity index (χ4v) is 1.54. The Morgan fingerprint density at radius 1 is 1.26 bits per heavy atom. The minimum atomic E-state index is 0.174. The van der Waals surface area contributed by atoms with Gasteiger partial charge in [0, 0.05) is 13.1 Å². The molecule has 0 spiro atoms. The SMILES string of the molecule is CCN(CC)c1nc(N)nc(NCc2ncon2)n1. The van der Waals surface area contributed by atoms with Crippen molar-refractivity contribution < 1.29 is 4.52 Å². The maximum absolute atomic E-state index is 5.68. The van der Waals surface area contributed by atoms with Crippen molar-refractivity contribution in [2.24, 2.45) is 0 Å². The minimum Gasteiger partial charge on any atom is -0.368 e. The van der Waals surface area contributed by atoms with E-state index in [1.165, 1.54) is 6.39 Å². The van der Waals surface area contributed by atoms with E-state index in [0.29, 0.717) is 24.3 Å². The first kappa shape index (κ1) is 13.0. The van der Waals surface area contributed by atoms with Crippen LogP contribution in [0.1, 0.15) is 19.7 Å². The van der Waals surface area contributed by atoms with Gasteiger partial charge in [-0.25, -0.2) is 0 Å². The molecule has 9 nitrogen and oxygen atoms in total. The molecule has 0 unspecified atom stereocenters. The first-order chi connectivity index (χ1) is 9.22. The molecule has 2 aromatic rings. The first-order valence-electron chi connectivity index (χ1n) is 5.98. The lowest BCUT2D eigenvalue weighted by atomic mass is 10.5. The van der Waals surface area contributed by atoms with Gasteiger partial charge in [0.15, 0.2) is 5.82 Å². The van der Waals surface area contributed by atoms with Crippen LogP contribution in [0.4, 0.5) is 17.8 Å². The number of nitrogens with one attached hydrogen (secondary N) is 1. The summed E-state index contributed by atoms with van der Waals surface area (Å²) in [5.41, 5.74) is 5.68. The van der Waals surface area contributed by atoms with Crippen LogP contribution in [0.5, 0.6) is 0 Å². The van der Waals surface area contributed by atoms with Crippen molar-refractivity contribution >= 4 is 17.8 Å². The van der Waals surface area contributed by atoms with Gasteiger partial charge in [-0.2, -0.15) is 19.9 Å². The van der Waals surface area contributed by atoms with Crippen molar-refractivity contribution in [3.05, 3.63) is 12.2 Å². The number of rotatable bonds is 6. The highest BCUT2D eigenvalue weighted by atomic mass is 16.5. The lowest BCUT2D eigenvalue weighted by molar-refractivity contribution is 0.411. The zero-order valence-corrected chi connectivity index (χ0v) is 10.9. The number of nitrogens with zero attached hydrogens (tertiary/aromatic N) is 6. The summed E-state index contributed by atoms with van der Waals surface area (Å²) in [6, 6.07) is 0. The average Bonchev–Trinajstić information content (AvgIpc) is 2.90. The summed E-state index contributed by atoms with van der Waals surface area (Å²) in [6.07, 6.45) is 1.26. The van der Waals surface area contributed by atoms with Crippen LogP contribution in [0.25, 0.3) is 0 Å². The summed E-state index contributed by atoms with van der Waals surface area (Å²) in [5.74, 6) is 1.63. The molecule has 0 aliphatic carbocycles. The van der Waals surface area contributed by atoms with E-state index in [-0.39, 0.29) is 5.95 Å². The molecule has 0 radical (unpaired) electrons. The van der Waals surface area contributed by atoms with Crippen molar-refractivity contribution in [1.29, 1.82) is 0 Å². The second-order valence-corrected chi connectivity index (χ2v) is 3.69. The molecule has 2 heterocycles. The summed E-state index contributed by atoms with van der Waals surface area (Å²) in [5, 5.41) is 6.66. The molecule has 102 valence electrons. The monoisotopic (exact) mass is 264 g/mol. The van der Waals surface area contributed by atoms with Gasteiger partial charge in [-0.15, -0.1) is 0 Å². The van der Waals surface area contributed by atoms with E-state index in [0.717, 1.165) is 13.1 Å². The zero-order valence-electron chi connectivity index (χ0n) is 10.9. The fourth-order valence-electron chi connectivity index (χ4n) is 1.54. The third-order valence-electron chi connectivity index (χ3n) is 2.50. The Balaban J connectivity index is 2.12. The molecule has 0 bridgehead atoms. The van der Waals surface area contributed by atoms with Crippen LogP contribution in [-0.4, -0.2) is 38.2 Å². The number of hydrogen-bond donors (Lipinski definition) is 2. The molecular formula is C10H16N8O. The Kier molecular flexibility index (Phi) is 4.06. The molecule has 0 saturated heterocycles. The van der Waals surface area contributed by atoms with Crippen LogP contribution in [0.15, 0.2) is 10.9 Å². The second kappa shape index (κ2) is 5.94. The molecule has 0 aliphatic rings. The number of hydrogen-bond acceptors (Lipinski definition) is 9. The summed E-state index contributed by atoms with van der Waals surface area (Å²) < 4.78 is 4.64. The Bertz CT molecular complexity index is 510. The Hall–Kier alpha value is -2.45. The highest BCUT2D eigenvalue weighted by Gasteiger charge is 2.10. The smallest absolute Gasteiger partial charge is 0.231 e. The van der Waals surface area contributed by atoms with Gasteiger partial charge in [0.25, 0.3) is 0 Å². The van der Waals surface area contributed by atoms with E-state index in [4.69, 9.17) is 5.73 Å². The highest BCUT2D eigenvalue weighted by Crippen LogP contribution is 2.11. The maximum Gasteiger partial charge on any atom is 0.231 e. The fraction of sp³-hybridized carbons (Fsp3) is 0.500. The van der Waals surface area contributed by atoms with E-state index >= 15 is 0 Å². The Morgan fingerprint density at radius 2 is 2.05 bits per heavy atom. The van der Waals surface area contributed by atoms with Gasteiger partial charge < -0.3 is 20.5 Å². The van der Waals surface area contributed by atoms with Crippen LogP contribution in [0.3, 0.4) is 0 Å². The number of aromatic nitrogens is 5. The maximum atomic E-state index is 5.68. The number of nitrogen functional groups attached to an aromatic ring is 1. The molecule has 0 atom stereocenters. The van der Waals surface area contributed by atoms with E-state index in [1.54, 1.807) is 0 Å². The highest BCUT2D eigenvalue weighted by molar-refractivity contribution is 5.41. The lowest BCUT2D eigenvalue weighted by Gasteiger charge is -2.18. The lowest BCUT2D eigenvalue weighted by Crippen LogP contribution is -2.25. The van der Waals surface area contributed by atoms with Crippen LogP contribution in [0, 0.1) is 0 Å². The summed E-state index contributed by atoms with van der Waals surface area (Å²) in [6.45, 7) is 6.00. The van der Waals surface area contributed by atoms with Crippen LogP contribution in [0.2, 0.25) is 0 Å². The van der Waals surface area contributed by atoms with Gasteiger partial charge in [-0.05, 0) is 13.8 Å². The van der Waals surface area contributed by atoms with E-state index in [2.05, 4.69) is 34.9 Å². The van der Waals surface area contributed by atoms with Gasteiger partial charge in [0.05, 0.1) is 6.54 Å². The summed E-state index contributed by atoms with van der Waals surface area (Å²) in [4.78, 5) is 18.3. The number of nitrogens with two attached hydrogens (primary N) is 1. The van der Waals surface area contributed by atoms with Crippen LogP contribution < -0.4 is 16.0 Å². The molecular weight excluding hydrogens is 248 g/mol. The quantitative estimate of drug-likeness (QED) is 0.758. The largest absolute Gasteiger partial charge is 0.368 e. The Morgan fingerprint density at radius 3 is 2.68 bits per heavy atom. The van der Waals surface area contributed by atoms with Gasteiger partial charge in [-0.3, -0.25) is 0 Å². The predicted octanol–water partition coefficient (Wildman–Crippen LogP) is 0.295. The zero-order chi connectivity index (χ0) is 13.7. The standard InChI is InChI=1S/C10H16N8O/c1-3-18(4-2)10-15-8(11)14-9(16-10)12-5-7-13-6-19-17-7/h6H,3-5H2,1-2H3,(H3,11,12,14,15,16). The van der Waals surface area contributed by atoms with Gasteiger partial charge in [0.2, 0.25) is 24.2 Å².